The Hall–Kier alpha value is -2.42. The Balaban J connectivity index is 1.65. The first-order valence-electron chi connectivity index (χ1n) is 9.36. The van der Waals surface area contributed by atoms with E-state index in [0.717, 1.165) is 47.8 Å². The Kier molecular flexibility index (Phi) is 7.02. The van der Waals surface area contributed by atoms with E-state index in [1.54, 1.807) is 25.3 Å². The first kappa shape index (κ1) is 20.3. The van der Waals surface area contributed by atoms with Gasteiger partial charge in [0.1, 0.15) is 12.2 Å². The predicted molar refractivity (Wildman–Crippen MR) is 112 cm³/mol. The molecule has 0 bridgehead atoms. The van der Waals surface area contributed by atoms with Crippen LogP contribution in [0.1, 0.15) is 30.1 Å². The Labute approximate surface area is 173 Å². The number of halogens is 1. The average molecular weight is 448 g/mol. The number of aromatic amines is 1. The summed E-state index contributed by atoms with van der Waals surface area (Å²) in [5.41, 5.74) is 1.12. The number of carbonyl (C=O) groups is 1. The minimum Gasteiger partial charge on any atom is -0.347 e. The number of hydrogen-bond acceptors (Lipinski definition) is 4. The van der Waals surface area contributed by atoms with Gasteiger partial charge in [0.05, 0.1) is 13.1 Å². The van der Waals surface area contributed by atoms with E-state index in [1.807, 2.05) is 24.3 Å². The van der Waals surface area contributed by atoms with E-state index >= 15 is 0 Å². The molecule has 150 valence electrons. The van der Waals surface area contributed by atoms with Gasteiger partial charge in [-0.05, 0) is 30.5 Å². The molecule has 28 heavy (non-hydrogen) atoms. The van der Waals surface area contributed by atoms with E-state index in [9.17, 15) is 4.79 Å². The zero-order valence-corrected chi connectivity index (χ0v) is 17.8. The van der Waals surface area contributed by atoms with Crippen molar-refractivity contribution in [2.24, 2.45) is 4.99 Å². The summed E-state index contributed by atoms with van der Waals surface area (Å²) in [4.78, 5) is 24.9. The SMILES string of the molecule is CN(C)C(=O)CNC(=NCc1ccc(Br)cc1)N1CCC(c2ncn[nH]2)CC1. The third-order valence-corrected chi connectivity index (χ3v) is 5.36. The first-order chi connectivity index (χ1) is 13.5. The maximum atomic E-state index is 12.0. The zero-order valence-electron chi connectivity index (χ0n) is 16.2. The van der Waals surface area contributed by atoms with Crippen LogP contribution in [0.15, 0.2) is 40.1 Å². The maximum absolute atomic E-state index is 12.0. The van der Waals surface area contributed by atoms with Gasteiger partial charge in [-0.2, -0.15) is 5.10 Å². The molecule has 1 saturated heterocycles. The lowest BCUT2D eigenvalue weighted by molar-refractivity contribution is -0.127. The topological polar surface area (TPSA) is 89.5 Å². The Morgan fingerprint density at radius 3 is 2.64 bits per heavy atom. The molecule has 0 aliphatic carbocycles. The third kappa shape index (κ3) is 5.54. The molecule has 2 aromatic rings. The molecule has 2 heterocycles. The molecule has 0 spiro atoms. The summed E-state index contributed by atoms with van der Waals surface area (Å²) in [6, 6.07) is 8.12. The molecule has 2 N–H and O–H groups in total. The molecule has 1 amide bonds. The Morgan fingerprint density at radius 1 is 1.32 bits per heavy atom. The van der Waals surface area contributed by atoms with Crippen LogP contribution in [0.4, 0.5) is 0 Å². The highest BCUT2D eigenvalue weighted by Crippen LogP contribution is 2.25. The lowest BCUT2D eigenvalue weighted by Gasteiger charge is -2.33. The van der Waals surface area contributed by atoms with Crippen molar-refractivity contribution in [3.8, 4) is 0 Å². The van der Waals surface area contributed by atoms with Gasteiger partial charge in [-0.1, -0.05) is 28.1 Å². The molecule has 8 nitrogen and oxygen atoms in total. The van der Waals surface area contributed by atoms with Crippen LogP contribution >= 0.6 is 15.9 Å². The van der Waals surface area contributed by atoms with Crippen molar-refractivity contribution in [1.29, 1.82) is 0 Å². The molecule has 0 radical (unpaired) electrons. The van der Waals surface area contributed by atoms with E-state index < -0.39 is 0 Å². The molecule has 1 fully saturated rings. The number of nitrogens with zero attached hydrogens (tertiary/aromatic N) is 5. The highest BCUT2D eigenvalue weighted by Gasteiger charge is 2.24. The van der Waals surface area contributed by atoms with E-state index in [0.29, 0.717) is 12.5 Å². The quantitative estimate of drug-likeness (QED) is 0.540. The summed E-state index contributed by atoms with van der Waals surface area (Å²) in [5, 5.41) is 10.2. The van der Waals surface area contributed by atoms with Gasteiger partial charge in [-0.3, -0.25) is 9.89 Å². The predicted octanol–water partition coefficient (Wildman–Crippen LogP) is 1.98. The van der Waals surface area contributed by atoms with Crippen molar-refractivity contribution < 1.29 is 4.79 Å². The largest absolute Gasteiger partial charge is 0.347 e. The molecular weight excluding hydrogens is 422 g/mol. The number of benzene rings is 1. The minimum absolute atomic E-state index is 0.0212. The number of guanidine groups is 1. The summed E-state index contributed by atoms with van der Waals surface area (Å²) >= 11 is 3.45. The second-order valence-electron chi connectivity index (χ2n) is 7.04. The number of likely N-dealkylation sites (tertiary alicyclic amines) is 1. The smallest absolute Gasteiger partial charge is 0.241 e. The molecular formula is C19H26BrN7O. The first-order valence-corrected chi connectivity index (χ1v) is 10.2. The van der Waals surface area contributed by atoms with Crippen LogP contribution < -0.4 is 5.32 Å². The molecule has 3 rings (SSSR count). The van der Waals surface area contributed by atoms with Crippen LogP contribution in [-0.2, 0) is 11.3 Å². The van der Waals surface area contributed by atoms with Crippen molar-refractivity contribution in [3.05, 3.63) is 46.5 Å². The Morgan fingerprint density at radius 2 is 2.04 bits per heavy atom. The number of nitrogens with one attached hydrogen (secondary N) is 2. The van der Waals surface area contributed by atoms with Crippen LogP contribution in [0.3, 0.4) is 0 Å². The molecule has 1 aliphatic heterocycles. The van der Waals surface area contributed by atoms with Crippen molar-refractivity contribution in [3.63, 3.8) is 0 Å². The highest BCUT2D eigenvalue weighted by molar-refractivity contribution is 9.10. The number of carbonyl (C=O) groups excluding carboxylic acids is 1. The molecule has 0 atom stereocenters. The number of amides is 1. The standard InChI is InChI=1S/C19H26BrN7O/c1-26(2)17(28)12-22-19(21-11-14-3-5-16(20)6-4-14)27-9-7-15(8-10-27)18-23-13-24-25-18/h3-6,13,15H,7-12H2,1-2H3,(H,21,22)(H,23,24,25). The van der Waals surface area contributed by atoms with E-state index in [1.165, 1.54) is 0 Å². The number of rotatable bonds is 5. The summed E-state index contributed by atoms with van der Waals surface area (Å²) in [7, 11) is 3.51. The van der Waals surface area contributed by atoms with Crippen LogP contribution in [0.2, 0.25) is 0 Å². The van der Waals surface area contributed by atoms with Crippen LogP contribution in [-0.4, -0.2) is 70.6 Å². The van der Waals surface area contributed by atoms with Gasteiger partial charge in [-0.15, -0.1) is 0 Å². The van der Waals surface area contributed by atoms with Gasteiger partial charge in [0.15, 0.2) is 5.96 Å². The van der Waals surface area contributed by atoms with Crippen molar-refractivity contribution >= 4 is 27.8 Å². The van der Waals surface area contributed by atoms with Gasteiger partial charge < -0.3 is 15.1 Å². The molecule has 0 saturated carbocycles. The molecule has 1 aromatic carbocycles. The second-order valence-corrected chi connectivity index (χ2v) is 7.96. The van der Waals surface area contributed by atoms with Crippen molar-refractivity contribution in [1.82, 2.24) is 30.3 Å². The zero-order chi connectivity index (χ0) is 19.9. The van der Waals surface area contributed by atoms with Gasteiger partial charge >= 0.3 is 0 Å². The molecule has 1 aromatic heterocycles. The fraction of sp³-hybridized carbons (Fsp3) is 0.474. The summed E-state index contributed by atoms with van der Waals surface area (Å²) in [5.74, 6) is 2.13. The molecule has 1 aliphatic rings. The maximum Gasteiger partial charge on any atom is 0.241 e. The number of piperidine rings is 1. The molecule has 9 heteroatoms. The molecule has 0 unspecified atom stereocenters. The average Bonchev–Trinajstić information content (AvgIpc) is 3.24. The van der Waals surface area contributed by atoms with E-state index in [4.69, 9.17) is 4.99 Å². The third-order valence-electron chi connectivity index (χ3n) is 4.84. The summed E-state index contributed by atoms with van der Waals surface area (Å²) in [6.45, 7) is 2.50. The van der Waals surface area contributed by atoms with Gasteiger partial charge in [0, 0.05) is 37.6 Å². The van der Waals surface area contributed by atoms with Crippen LogP contribution in [0.5, 0.6) is 0 Å². The fourth-order valence-corrected chi connectivity index (χ4v) is 3.38. The number of aliphatic imine (C=N–C) groups is 1. The fourth-order valence-electron chi connectivity index (χ4n) is 3.11. The van der Waals surface area contributed by atoms with E-state index in [2.05, 4.69) is 41.3 Å². The highest BCUT2D eigenvalue weighted by atomic mass is 79.9. The van der Waals surface area contributed by atoms with Gasteiger partial charge in [0.2, 0.25) is 5.91 Å². The normalized spacial score (nSPS) is 15.5. The lowest BCUT2D eigenvalue weighted by atomic mass is 9.96. The number of H-pyrrole nitrogens is 1. The number of likely N-dealkylation sites (N-methyl/N-ethyl adjacent to an activating group) is 1. The van der Waals surface area contributed by atoms with Crippen molar-refractivity contribution in [2.45, 2.75) is 25.3 Å². The Bertz CT molecular complexity index is 781. The van der Waals surface area contributed by atoms with Crippen LogP contribution in [0, 0.1) is 0 Å². The minimum atomic E-state index is 0.0212. The van der Waals surface area contributed by atoms with Crippen molar-refractivity contribution in [2.75, 3.05) is 33.7 Å². The van der Waals surface area contributed by atoms with Gasteiger partial charge in [0.25, 0.3) is 0 Å². The number of hydrogen-bond donors (Lipinski definition) is 2. The van der Waals surface area contributed by atoms with E-state index in [-0.39, 0.29) is 12.5 Å². The second kappa shape index (κ2) is 9.68. The van der Waals surface area contributed by atoms with Crippen LogP contribution in [0.25, 0.3) is 0 Å². The summed E-state index contributed by atoms with van der Waals surface area (Å²) in [6.07, 6.45) is 3.49. The number of aromatic nitrogens is 3. The lowest BCUT2D eigenvalue weighted by Crippen LogP contribution is -2.48. The monoisotopic (exact) mass is 447 g/mol. The van der Waals surface area contributed by atoms with Gasteiger partial charge in [-0.25, -0.2) is 9.98 Å². The summed E-state index contributed by atoms with van der Waals surface area (Å²) < 4.78 is 1.05.